The summed E-state index contributed by atoms with van der Waals surface area (Å²) < 4.78 is 34.2. The molecule has 3 heterocycles. The van der Waals surface area contributed by atoms with Crippen LogP contribution in [0, 0.1) is 5.92 Å². The molecule has 224 valence electrons. The lowest BCUT2D eigenvalue weighted by Crippen LogP contribution is -2.35. The van der Waals surface area contributed by atoms with Gasteiger partial charge in [-0.15, -0.1) is 11.3 Å². The molecule has 13 heteroatoms. The van der Waals surface area contributed by atoms with E-state index in [-0.39, 0.29) is 28.3 Å². The molecule has 5 rings (SSSR count). The van der Waals surface area contributed by atoms with Crippen LogP contribution in [0.2, 0.25) is 4.34 Å². The van der Waals surface area contributed by atoms with Crippen molar-refractivity contribution in [3.8, 4) is 0 Å². The van der Waals surface area contributed by atoms with E-state index in [9.17, 15) is 18.3 Å². The predicted molar refractivity (Wildman–Crippen MR) is 160 cm³/mol. The summed E-state index contributed by atoms with van der Waals surface area (Å²) in [4.78, 5) is 20.9. The summed E-state index contributed by atoms with van der Waals surface area (Å²) in [6.45, 7) is 3.37. The molecule has 0 saturated carbocycles. The van der Waals surface area contributed by atoms with Crippen LogP contribution in [0.15, 0.2) is 58.8 Å². The van der Waals surface area contributed by atoms with Gasteiger partial charge >= 0.3 is 0 Å². The average Bonchev–Trinajstić information content (AvgIpc) is 3.56. The number of aliphatic hydroxyl groups excluding tert-OH is 1. The van der Waals surface area contributed by atoms with Crippen LogP contribution in [0.1, 0.15) is 48.3 Å². The summed E-state index contributed by atoms with van der Waals surface area (Å²) in [5.41, 5.74) is 3.64. The number of sulfone groups is 1. The number of amides is 1. The number of nitrogens with zero attached hydrogens (tertiary/aromatic N) is 2. The SMILES string of the molecule is CC(O)c1cccc2c1c(CS(=O)(=O)c1ccc(Cl)s1)nn2Cc1cccc(CNC(=O)[C@H]2CCCOC2)c1.O=CO. The summed E-state index contributed by atoms with van der Waals surface area (Å²) in [6, 6.07) is 16.4. The van der Waals surface area contributed by atoms with E-state index in [1.54, 1.807) is 23.7 Å². The van der Waals surface area contributed by atoms with Crippen LogP contribution in [0.4, 0.5) is 0 Å². The monoisotopic (exact) mass is 633 g/mol. The van der Waals surface area contributed by atoms with Crippen molar-refractivity contribution in [1.82, 2.24) is 15.1 Å². The lowest BCUT2D eigenvalue weighted by atomic mass is 10.0. The average molecular weight is 634 g/mol. The van der Waals surface area contributed by atoms with Gasteiger partial charge in [-0.2, -0.15) is 5.10 Å². The molecule has 2 atom stereocenters. The van der Waals surface area contributed by atoms with Gasteiger partial charge in [0, 0.05) is 18.5 Å². The van der Waals surface area contributed by atoms with Crippen LogP contribution in [-0.2, 0) is 43.0 Å². The highest BCUT2D eigenvalue weighted by Crippen LogP contribution is 2.33. The topological polar surface area (TPSA) is 148 Å². The summed E-state index contributed by atoms with van der Waals surface area (Å²) in [6.07, 6.45) is 0.932. The fourth-order valence-electron chi connectivity index (χ4n) is 4.91. The van der Waals surface area contributed by atoms with E-state index in [0.29, 0.717) is 47.3 Å². The molecule has 0 radical (unpaired) electrons. The lowest BCUT2D eigenvalue weighted by molar-refractivity contribution is -0.129. The Morgan fingerprint density at radius 1 is 1.24 bits per heavy atom. The third-order valence-electron chi connectivity index (χ3n) is 6.84. The number of carbonyl (C=O) groups excluding carboxylic acids is 1. The number of ether oxygens (including phenoxy) is 1. The molecule has 4 aromatic rings. The molecule has 0 spiro atoms. The molecule has 2 aromatic carbocycles. The van der Waals surface area contributed by atoms with Crippen molar-refractivity contribution in [1.29, 1.82) is 0 Å². The van der Waals surface area contributed by atoms with Crippen LogP contribution in [0.3, 0.4) is 0 Å². The molecule has 1 fully saturated rings. The standard InChI is InChI=1S/C28H30ClN3O5S2.CH2O2/c1-18(33)22-8-3-9-24-27(22)23(17-39(35,36)26-11-10-25(29)38-26)31-32(24)15-20-6-2-5-19(13-20)14-30-28(34)21-7-4-12-37-16-21;2-1-3/h2-3,5-6,8-11,13,18,21,33H,4,7,12,14-17H2,1H3,(H,30,34);1H,(H,2,3)/t18?,21-;/m0./s1. The predicted octanol–water partition coefficient (Wildman–Crippen LogP) is 4.57. The van der Waals surface area contributed by atoms with Gasteiger partial charge in [0.2, 0.25) is 5.91 Å². The molecule has 42 heavy (non-hydrogen) atoms. The first kappa shape index (κ1) is 31.6. The zero-order chi connectivity index (χ0) is 30.3. The van der Waals surface area contributed by atoms with E-state index in [4.69, 9.17) is 31.3 Å². The Balaban J connectivity index is 0.00000129. The Morgan fingerprint density at radius 2 is 1.98 bits per heavy atom. The minimum atomic E-state index is -3.69. The van der Waals surface area contributed by atoms with Crippen molar-refractivity contribution in [3.63, 3.8) is 0 Å². The number of aromatic nitrogens is 2. The normalized spacial score (nSPS) is 15.9. The molecule has 1 aliphatic rings. The van der Waals surface area contributed by atoms with E-state index in [1.807, 2.05) is 36.4 Å². The first-order valence-electron chi connectivity index (χ1n) is 13.3. The maximum atomic E-state index is 13.2. The molecule has 0 bridgehead atoms. The quantitative estimate of drug-likeness (QED) is 0.227. The third kappa shape index (κ3) is 7.75. The molecule has 3 N–H and O–H groups in total. The van der Waals surface area contributed by atoms with Crippen molar-refractivity contribution in [2.45, 2.75) is 48.9 Å². The number of fused-ring (bicyclic) bond motifs is 1. The van der Waals surface area contributed by atoms with Crippen LogP contribution in [0.5, 0.6) is 0 Å². The van der Waals surface area contributed by atoms with Crippen molar-refractivity contribution >= 4 is 56.1 Å². The van der Waals surface area contributed by atoms with Crippen molar-refractivity contribution in [2.24, 2.45) is 5.92 Å². The van der Waals surface area contributed by atoms with Gasteiger partial charge in [0.15, 0.2) is 9.84 Å². The maximum absolute atomic E-state index is 13.2. The van der Waals surface area contributed by atoms with Crippen molar-refractivity contribution in [3.05, 3.63) is 81.3 Å². The first-order chi connectivity index (χ1) is 20.1. The molecular weight excluding hydrogens is 602 g/mol. The molecule has 1 aliphatic heterocycles. The number of hydrogen-bond acceptors (Lipinski definition) is 8. The van der Waals surface area contributed by atoms with Crippen molar-refractivity contribution in [2.75, 3.05) is 13.2 Å². The van der Waals surface area contributed by atoms with Gasteiger partial charge in [0.1, 0.15) is 9.96 Å². The van der Waals surface area contributed by atoms with Crippen LogP contribution in [0.25, 0.3) is 10.9 Å². The van der Waals surface area contributed by atoms with Crippen LogP contribution >= 0.6 is 22.9 Å². The molecule has 1 unspecified atom stereocenters. The number of benzene rings is 2. The molecular formula is C29H32ClN3O7S2. The Labute approximate surface area is 252 Å². The van der Waals surface area contributed by atoms with Crippen molar-refractivity contribution < 1.29 is 33.0 Å². The number of carbonyl (C=O) groups is 2. The highest BCUT2D eigenvalue weighted by Gasteiger charge is 2.25. The molecule has 10 nitrogen and oxygen atoms in total. The molecule has 0 aliphatic carbocycles. The first-order valence-corrected chi connectivity index (χ1v) is 16.1. The second-order valence-corrected chi connectivity index (χ2v) is 13.8. The largest absolute Gasteiger partial charge is 0.483 e. The van der Waals surface area contributed by atoms with Crippen LogP contribution < -0.4 is 5.32 Å². The number of aliphatic hydroxyl groups is 1. The summed E-state index contributed by atoms with van der Waals surface area (Å²) in [7, 11) is -3.69. The maximum Gasteiger partial charge on any atom is 0.290 e. The minimum Gasteiger partial charge on any atom is -0.483 e. The van der Waals surface area contributed by atoms with Gasteiger partial charge in [-0.1, -0.05) is 48.0 Å². The van der Waals surface area contributed by atoms with Gasteiger partial charge in [-0.25, -0.2) is 8.42 Å². The number of rotatable bonds is 9. The fourth-order valence-corrected chi connectivity index (χ4v) is 7.76. The van der Waals surface area contributed by atoms with E-state index in [0.717, 1.165) is 40.8 Å². The number of halogens is 1. The zero-order valence-corrected chi connectivity index (χ0v) is 25.3. The summed E-state index contributed by atoms with van der Waals surface area (Å²) in [5, 5.41) is 25.7. The van der Waals surface area contributed by atoms with Gasteiger partial charge in [0.25, 0.3) is 6.47 Å². The summed E-state index contributed by atoms with van der Waals surface area (Å²) >= 11 is 7.00. The second-order valence-electron chi connectivity index (χ2n) is 9.90. The number of thiophene rings is 1. The zero-order valence-electron chi connectivity index (χ0n) is 22.9. The van der Waals surface area contributed by atoms with E-state index in [1.165, 1.54) is 6.07 Å². The highest BCUT2D eigenvalue weighted by atomic mass is 35.5. The Morgan fingerprint density at radius 3 is 2.64 bits per heavy atom. The number of carboxylic acid groups (broad SMARTS) is 1. The molecule has 2 aromatic heterocycles. The lowest BCUT2D eigenvalue weighted by Gasteiger charge is -2.21. The molecule has 1 amide bonds. The highest BCUT2D eigenvalue weighted by molar-refractivity contribution is 7.92. The Kier molecular flexibility index (Phi) is 10.7. The van der Waals surface area contributed by atoms with E-state index < -0.39 is 15.9 Å². The molecule has 1 saturated heterocycles. The number of hydrogen-bond donors (Lipinski definition) is 3. The van der Waals surface area contributed by atoms with E-state index in [2.05, 4.69) is 5.32 Å². The van der Waals surface area contributed by atoms with Gasteiger partial charge in [-0.3, -0.25) is 14.3 Å². The Bertz CT molecular complexity index is 1640. The van der Waals surface area contributed by atoms with E-state index >= 15 is 0 Å². The van der Waals surface area contributed by atoms with Gasteiger partial charge in [0.05, 0.1) is 40.7 Å². The van der Waals surface area contributed by atoms with Gasteiger partial charge < -0.3 is 20.3 Å². The summed E-state index contributed by atoms with van der Waals surface area (Å²) in [5.74, 6) is -0.421. The van der Waals surface area contributed by atoms with Crippen LogP contribution in [-0.4, -0.2) is 54.0 Å². The number of nitrogens with one attached hydrogen (secondary N) is 1. The third-order valence-corrected chi connectivity index (χ3v) is 10.3. The van der Waals surface area contributed by atoms with Gasteiger partial charge in [-0.05, 0) is 54.7 Å². The minimum absolute atomic E-state index is 0.00158. The second kappa shape index (κ2) is 14.3. The fraction of sp³-hybridized carbons (Fsp3) is 0.345. The Hall–Kier alpha value is -3.29. The smallest absolute Gasteiger partial charge is 0.290 e.